The Bertz CT molecular complexity index is 678. The first-order valence-corrected chi connectivity index (χ1v) is 8.89. The van der Waals surface area contributed by atoms with Gasteiger partial charge in [0.05, 0.1) is 6.42 Å². The maximum Gasteiger partial charge on any atom is 0.224 e. The molecule has 0 saturated carbocycles. The summed E-state index contributed by atoms with van der Waals surface area (Å²) in [7, 11) is 0. The molecule has 0 aliphatic carbocycles. The quantitative estimate of drug-likeness (QED) is 0.866. The number of benzene rings is 2. The van der Waals surface area contributed by atoms with Crippen LogP contribution in [-0.4, -0.2) is 23.9 Å². The van der Waals surface area contributed by atoms with Crippen molar-refractivity contribution in [3.8, 4) is 0 Å². The SMILES string of the molecule is O=C(Cc1ccc(Cl)cc1)NCc1ccccc1CN1CCCC1. The van der Waals surface area contributed by atoms with Crippen LogP contribution in [0.5, 0.6) is 0 Å². The summed E-state index contributed by atoms with van der Waals surface area (Å²) in [6.45, 7) is 3.91. The highest BCUT2D eigenvalue weighted by molar-refractivity contribution is 6.30. The molecule has 2 aromatic rings. The van der Waals surface area contributed by atoms with Crippen LogP contribution in [0.3, 0.4) is 0 Å². The topological polar surface area (TPSA) is 32.3 Å². The maximum atomic E-state index is 12.2. The Morgan fingerprint density at radius 3 is 2.38 bits per heavy atom. The van der Waals surface area contributed by atoms with Crippen molar-refractivity contribution in [2.45, 2.75) is 32.4 Å². The van der Waals surface area contributed by atoms with Gasteiger partial charge in [-0.05, 0) is 54.8 Å². The van der Waals surface area contributed by atoms with Crippen molar-refractivity contribution < 1.29 is 4.79 Å². The lowest BCUT2D eigenvalue weighted by Gasteiger charge is -2.17. The van der Waals surface area contributed by atoms with E-state index in [0.29, 0.717) is 18.0 Å². The Labute approximate surface area is 148 Å². The summed E-state index contributed by atoms with van der Waals surface area (Å²) in [5, 5.41) is 3.73. The van der Waals surface area contributed by atoms with Crippen LogP contribution in [0.2, 0.25) is 5.02 Å². The van der Waals surface area contributed by atoms with E-state index in [0.717, 1.165) is 12.1 Å². The van der Waals surface area contributed by atoms with E-state index >= 15 is 0 Å². The molecule has 0 aromatic heterocycles. The largest absolute Gasteiger partial charge is 0.352 e. The molecule has 2 aromatic carbocycles. The van der Waals surface area contributed by atoms with Crippen LogP contribution in [-0.2, 0) is 24.3 Å². The molecule has 1 N–H and O–H groups in total. The normalized spacial score (nSPS) is 14.7. The second kappa shape index (κ2) is 8.32. The highest BCUT2D eigenvalue weighted by atomic mass is 35.5. The van der Waals surface area contributed by atoms with Crippen molar-refractivity contribution in [2.75, 3.05) is 13.1 Å². The number of nitrogens with zero attached hydrogens (tertiary/aromatic N) is 1. The van der Waals surface area contributed by atoms with E-state index in [1.54, 1.807) is 0 Å². The van der Waals surface area contributed by atoms with Crippen molar-refractivity contribution in [1.82, 2.24) is 10.2 Å². The van der Waals surface area contributed by atoms with Gasteiger partial charge in [-0.3, -0.25) is 9.69 Å². The Hall–Kier alpha value is -1.84. The predicted octanol–water partition coefficient (Wildman–Crippen LogP) is 3.79. The molecular formula is C20H23ClN2O. The van der Waals surface area contributed by atoms with Gasteiger partial charge in [-0.2, -0.15) is 0 Å². The van der Waals surface area contributed by atoms with Crippen LogP contribution in [0.4, 0.5) is 0 Å². The van der Waals surface area contributed by atoms with Crippen molar-refractivity contribution in [1.29, 1.82) is 0 Å². The summed E-state index contributed by atoms with van der Waals surface area (Å²) in [5.74, 6) is 0.0355. The molecule has 3 nitrogen and oxygen atoms in total. The van der Waals surface area contributed by atoms with Crippen molar-refractivity contribution in [3.05, 3.63) is 70.2 Å². The first kappa shape index (κ1) is 17.0. The summed E-state index contributed by atoms with van der Waals surface area (Å²) in [4.78, 5) is 14.7. The van der Waals surface area contributed by atoms with Gasteiger partial charge in [0.15, 0.2) is 0 Å². The van der Waals surface area contributed by atoms with Crippen molar-refractivity contribution in [3.63, 3.8) is 0 Å². The van der Waals surface area contributed by atoms with E-state index in [2.05, 4.69) is 28.4 Å². The fourth-order valence-electron chi connectivity index (χ4n) is 3.11. The second-order valence-electron chi connectivity index (χ2n) is 6.33. The van der Waals surface area contributed by atoms with Crippen LogP contribution in [0.15, 0.2) is 48.5 Å². The van der Waals surface area contributed by atoms with E-state index in [1.807, 2.05) is 30.3 Å². The third-order valence-electron chi connectivity index (χ3n) is 4.46. The van der Waals surface area contributed by atoms with Gasteiger partial charge in [0.2, 0.25) is 5.91 Å². The molecule has 0 spiro atoms. The number of nitrogens with one attached hydrogen (secondary N) is 1. The number of hydrogen-bond acceptors (Lipinski definition) is 2. The van der Waals surface area contributed by atoms with Gasteiger partial charge in [0, 0.05) is 18.1 Å². The van der Waals surface area contributed by atoms with Gasteiger partial charge < -0.3 is 5.32 Å². The minimum absolute atomic E-state index is 0.0355. The number of halogens is 1. The Kier molecular flexibility index (Phi) is 5.89. The molecule has 126 valence electrons. The van der Waals surface area contributed by atoms with Gasteiger partial charge in [0.1, 0.15) is 0 Å². The number of carbonyl (C=O) groups is 1. The molecule has 4 heteroatoms. The van der Waals surface area contributed by atoms with E-state index in [4.69, 9.17) is 11.6 Å². The minimum Gasteiger partial charge on any atom is -0.352 e. The van der Waals surface area contributed by atoms with Crippen LogP contribution < -0.4 is 5.32 Å². The summed E-state index contributed by atoms with van der Waals surface area (Å²) >= 11 is 5.87. The molecule has 0 radical (unpaired) electrons. The third kappa shape index (κ3) is 4.83. The summed E-state index contributed by atoms with van der Waals surface area (Å²) in [5.41, 5.74) is 3.49. The lowest BCUT2D eigenvalue weighted by Crippen LogP contribution is -2.26. The summed E-state index contributed by atoms with van der Waals surface area (Å²) in [6, 6.07) is 15.8. The van der Waals surface area contributed by atoms with Gasteiger partial charge in [0.25, 0.3) is 0 Å². The van der Waals surface area contributed by atoms with Crippen LogP contribution in [0.25, 0.3) is 0 Å². The highest BCUT2D eigenvalue weighted by Crippen LogP contribution is 2.16. The van der Waals surface area contributed by atoms with E-state index in [-0.39, 0.29) is 5.91 Å². The molecule has 24 heavy (non-hydrogen) atoms. The molecule has 1 heterocycles. The number of carbonyl (C=O) groups excluding carboxylic acids is 1. The first-order chi connectivity index (χ1) is 11.7. The Morgan fingerprint density at radius 1 is 1.00 bits per heavy atom. The molecule has 0 unspecified atom stereocenters. The Balaban J connectivity index is 1.55. The molecule has 0 bridgehead atoms. The molecule has 1 saturated heterocycles. The molecule has 1 aliphatic heterocycles. The number of likely N-dealkylation sites (tertiary alicyclic amines) is 1. The van der Waals surface area contributed by atoms with Gasteiger partial charge in [-0.1, -0.05) is 48.0 Å². The molecular weight excluding hydrogens is 320 g/mol. The van der Waals surface area contributed by atoms with Crippen LogP contribution in [0.1, 0.15) is 29.5 Å². The van der Waals surface area contributed by atoms with Crippen molar-refractivity contribution >= 4 is 17.5 Å². The summed E-state index contributed by atoms with van der Waals surface area (Å²) in [6.07, 6.45) is 2.96. The lowest BCUT2D eigenvalue weighted by atomic mass is 10.1. The maximum absolute atomic E-state index is 12.2. The van der Waals surface area contributed by atoms with E-state index in [9.17, 15) is 4.79 Å². The highest BCUT2D eigenvalue weighted by Gasteiger charge is 2.13. The monoisotopic (exact) mass is 342 g/mol. The van der Waals surface area contributed by atoms with Crippen molar-refractivity contribution in [2.24, 2.45) is 0 Å². The zero-order chi connectivity index (χ0) is 16.8. The van der Waals surface area contributed by atoms with Gasteiger partial charge in [-0.25, -0.2) is 0 Å². The first-order valence-electron chi connectivity index (χ1n) is 8.51. The minimum atomic E-state index is 0.0355. The molecule has 1 aliphatic rings. The smallest absolute Gasteiger partial charge is 0.224 e. The zero-order valence-corrected chi connectivity index (χ0v) is 14.6. The third-order valence-corrected chi connectivity index (χ3v) is 4.72. The number of hydrogen-bond donors (Lipinski definition) is 1. The summed E-state index contributed by atoms with van der Waals surface area (Å²) < 4.78 is 0. The Morgan fingerprint density at radius 2 is 1.67 bits per heavy atom. The van der Waals surface area contributed by atoms with E-state index < -0.39 is 0 Å². The molecule has 1 amide bonds. The lowest BCUT2D eigenvalue weighted by molar-refractivity contribution is -0.120. The zero-order valence-electron chi connectivity index (χ0n) is 13.8. The fraction of sp³-hybridized carbons (Fsp3) is 0.350. The molecule has 1 fully saturated rings. The van der Waals surface area contributed by atoms with E-state index in [1.165, 1.54) is 37.1 Å². The van der Waals surface area contributed by atoms with Crippen LogP contribution >= 0.6 is 11.6 Å². The van der Waals surface area contributed by atoms with Crippen LogP contribution in [0, 0.1) is 0 Å². The molecule has 3 rings (SSSR count). The average molecular weight is 343 g/mol. The standard InChI is InChI=1S/C20H23ClN2O/c21-19-9-7-16(8-10-19)13-20(24)22-14-17-5-1-2-6-18(17)15-23-11-3-4-12-23/h1-2,5-10H,3-4,11-15H2,(H,22,24). The van der Waals surface area contributed by atoms with Gasteiger partial charge >= 0.3 is 0 Å². The number of amides is 1. The van der Waals surface area contributed by atoms with Gasteiger partial charge in [-0.15, -0.1) is 0 Å². The average Bonchev–Trinajstić information content (AvgIpc) is 3.09. The molecule has 0 atom stereocenters. The predicted molar refractivity (Wildman–Crippen MR) is 98.0 cm³/mol. The fourth-order valence-corrected chi connectivity index (χ4v) is 3.24. The number of rotatable bonds is 6. The second-order valence-corrected chi connectivity index (χ2v) is 6.77.